The lowest BCUT2D eigenvalue weighted by atomic mass is 9.82. The Hall–Kier alpha value is -1.32. The van der Waals surface area contributed by atoms with E-state index in [2.05, 4.69) is 65.7 Å². The summed E-state index contributed by atoms with van der Waals surface area (Å²) in [5.74, 6) is 1.62. The van der Waals surface area contributed by atoms with Crippen LogP contribution in [0.25, 0.3) is 0 Å². The van der Waals surface area contributed by atoms with Gasteiger partial charge in [0.1, 0.15) is 5.76 Å². The van der Waals surface area contributed by atoms with Crippen LogP contribution in [0.15, 0.2) is 4.42 Å². The van der Waals surface area contributed by atoms with Crippen LogP contribution in [0.1, 0.15) is 85.6 Å². The first kappa shape index (κ1) is 19.7. The van der Waals surface area contributed by atoms with Gasteiger partial charge < -0.3 is 9.73 Å². The fourth-order valence-electron chi connectivity index (χ4n) is 3.02. The van der Waals surface area contributed by atoms with Crippen LogP contribution < -0.4 is 5.32 Å². The van der Waals surface area contributed by atoms with Crippen molar-refractivity contribution in [2.24, 2.45) is 5.41 Å². The second kappa shape index (κ2) is 6.66. The lowest BCUT2D eigenvalue weighted by Gasteiger charge is -2.33. The van der Waals surface area contributed by atoms with Gasteiger partial charge in [0.25, 0.3) is 0 Å². The molecule has 1 aromatic rings. The van der Waals surface area contributed by atoms with Crippen molar-refractivity contribution in [3.05, 3.63) is 17.3 Å². The normalized spacial score (nSPS) is 13.3. The molecule has 0 aliphatic carbocycles. The van der Waals surface area contributed by atoms with Crippen LogP contribution in [0.4, 0.5) is 0 Å². The summed E-state index contributed by atoms with van der Waals surface area (Å²) < 4.78 is 5.85. The first-order valence-electron chi connectivity index (χ1n) is 8.47. The minimum atomic E-state index is -0.206. The Labute approximate surface area is 141 Å². The number of nitrogens with one attached hydrogen (secondary N) is 1. The van der Waals surface area contributed by atoms with Crippen LogP contribution in [0.2, 0.25) is 0 Å². The number of carbonyl (C=O) groups excluding carboxylic acids is 1. The third-order valence-electron chi connectivity index (χ3n) is 3.56. The van der Waals surface area contributed by atoms with Crippen LogP contribution in [-0.2, 0) is 16.6 Å². The molecule has 0 radical (unpaired) electrons. The van der Waals surface area contributed by atoms with E-state index in [1.54, 1.807) is 0 Å². The van der Waals surface area contributed by atoms with Crippen molar-refractivity contribution in [1.29, 1.82) is 0 Å². The van der Waals surface area contributed by atoms with Crippen molar-refractivity contribution in [3.63, 3.8) is 0 Å². The fourth-order valence-corrected chi connectivity index (χ4v) is 3.02. The molecular formula is C19H34N2O2. The molecule has 132 valence electrons. The van der Waals surface area contributed by atoms with Gasteiger partial charge in [-0.3, -0.25) is 4.79 Å². The topological polar surface area (TPSA) is 55.1 Å². The zero-order valence-electron chi connectivity index (χ0n) is 16.4. The highest BCUT2D eigenvalue weighted by Gasteiger charge is 2.27. The summed E-state index contributed by atoms with van der Waals surface area (Å²) in [5.41, 5.74) is 0.749. The molecule has 4 heteroatoms. The molecule has 0 fully saturated rings. The number of hydrogen-bond acceptors (Lipinski definition) is 3. The van der Waals surface area contributed by atoms with Crippen molar-refractivity contribution in [2.45, 2.75) is 92.5 Å². The molecule has 4 nitrogen and oxygen atoms in total. The predicted octanol–water partition coefficient (Wildman–Crippen LogP) is 4.54. The van der Waals surface area contributed by atoms with E-state index in [-0.39, 0.29) is 22.3 Å². The molecular weight excluding hydrogens is 288 g/mol. The van der Waals surface area contributed by atoms with Crippen LogP contribution >= 0.6 is 0 Å². The molecule has 1 aromatic heterocycles. The molecule has 0 bridgehead atoms. The first-order valence-corrected chi connectivity index (χ1v) is 8.47. The standard InChI is InChI=1S/C19H34N2O2/c1-13-14(23-16(20-13)18(5,6)7)10-11-15(22)21-19(8,9)12-17(2,3)4/h10-12H2,1-9H3,(H,21,22). The summed E-state index contributed by atoms with van der Waals surface area (Å²) in [6.07, 6.45) is 1.95. The van der Waals surface area contributed by atoms with Gasteiger partial charge in [-0.15, -0.1) is 0 Å². The third-order valence-corrected chi connectivity index (χ3v) is 3.56. The molecule has 0 spiro atoms. The van der Waals surface area contributed by atoms with Gasteiger partial charge in [-0.25, -0.2) is 4.98 Å². The Morgan fingerprint density at radius 3 is 2.09 bits per heavy atom. The Balaban J connectivity index is 2.62. The molecule has 0 aromatic carbocycles. The van der Waals surface area contributed by atoms with E-state index in [1.807, 2.05) is 6.92 Å². The van der Waals surface area contributed by atoms with E-state index in [0.29, 0.717) is 12.8 Å². The second-order valence-corrected chi connectivity index (χ2v) is 9.45. The molecule has 1 amide bonds. The van der Waals surface area contributed by atoms with Crippen molar-refractivity contribution < 1.29 is 9.21 Å². The zero-order valence-corrected chi connectivity index (χ0v) is 16.4. The number of oxazole rings is 1. The van der Waals surface area contributed by atoms with Crippen LogP contribution in [0, 0.1) is 12.3 Å². The Morgan fingerprint density at radius 2 is 1.65 bits per heavy atom. The first-order chi connectivity index (χ1) is 10.2. The van der Waals surface area contributed by atoms with E-state index in [1.165, 1.54) is 0 Å². The highest BCUT2D eigenvalue weighted by atomic mass is 16.4. The van der Waals surface area contributed by atoms with Crippen LogP contribution in [0.5, 0.6) is 0 Å². The van der Waals surface area contributed by atoms with Crippen molar-refractivity contribution in [1.82, 2.24) is 10.3 Å². The Bertz CT molecular complexity index is 543. The molecule has 1 heterocycles. The van der Waals surface area contributed by atoms with Crippen LogP contribution in [0.3, 0.4) is 0 Å². The van der Waals surface area contributed by atoms with E-state index in [4.69, 9.17) is 4.42 Å². The van der Waals surface area contributed by atoms with Gasteiger partial charge in [0.15, 0.2) is 5.89 Å². The maximum absolute atomic E-state index is 12.3. The lowest BCUT2D eigenvalue weighted by molar-refractivity contribution is -0.123. The average Bonchev–Trinajstić information content (AvgIpc) is 2.63. The number of amides is 1. The van der Waals surface area contributed by atoms with Gasteiger partial charge >= 0.3 is 0 Å². The second-order valence-electron chi connectivity index (χ2n) is 9.45. The predicted molar refractivity (Wildman–Crippen MR) is 94.6 cm³/mol. The van der Waals surface area contributed by atoms with E-state index >= 15 is 0 Å². The van der Waals surface area contributed by atoms with E-state index in [0.717, 1.165) is 23.8 Å². The summed E-state index contributed by atoms with van der Waals surface area (Å²) in [6, 6.07) is 0. The monoisotopic (exact) mass is 322 g/mol. The van der Waals surface area contributed by atoms with Crippen LogP contribution in [-0.4, -0.2) is 16.4 Å². The maximum atomic E-state index is 12.3. The summed E-state index contributed by atoms with van der Waals surface area (Å²) in [6.45, 7) is 18.9. The number of carbonyl (C=O) groups is 1. The number of aromatic nitrogens is 1. The Kier molecular flexibility index (Phi) is 5.71. The number of nitrogens with zero attached hydrogens (tertiary/aromatic N) is 1. The number of aryl methyl sites for hydroxylation is 2. The fraction of sp³-hybridized carbons (Fsp3) is 0.789. The molecule has 0 saturated heterocycles. The Morgan fingerprint density at radius 1 is 1.09 bits per heavy atom. The molecule has 1 N–H and O–H groups in total. The molecule has 23 heavy (non-hydrogen) atoms. The maximum Gasteiger partial charge on any atom is 0.220 e. The minimum Gasteiger partial charge on any atom is -0.445 e. The minimum absolute atomic E-state index is 0.0624. The van der Waals surface area contributed by atoms with Gasteiger partial charge in [0.2, 0.25) is 5.91 Å². The molecule has 0 saturated carbocycles. The zero-order chi connectivity index (χ0) is 18.1. The third kappa shape index (κ3) is 6.76. The van der Waals surface area contributed by atoms with Gasteiger partial charge in [-0.2, -0.15) is 0 Å². The van der Waals surface area contributed by atoms with Gasteiger partial charge in [0, 0.05) is 23.8 Å². The summed E-state index contributed by atoms with van der Waals surface area (Å²) >= 11 is 0. The average molecular weight is 322 g/mol. The van der Waals surface area contributed by atoms with Crippen molar-refractivity contribution in [3.8, 4) is 0 Å². The molecule has 1 rings (SSSR count). The molecule has 0 aliphatic rings. The number of rotatable bonds is 5. The molecule has 0 atom stereocenters. The van der Waals surface area contributed by atoms with Gasteiger partial charge in [-0.1, -0.05) is 41.5 Å². The molecule has 0 unspecified atom stereocenters. The van der Waals surface area contributed by atoms with E-state index in [9.17, 15) is 4.79 Å². The SMILES string of the molecule is Cc1nc(C(C)(C)C)oc1CCC(=O)NC(C)(C)CC(C)(C)C. The largest absolute Gasteiger partial charge is 0.445 e. The van der Waals surface area contributed by atoms with Gasteiger partial charge in [-0.05, 0) is 32.6 Å². The van der Waals surface area contributed by atoms with Gasteiger partial charge in [0.05, 0.1) is 5.69 Å². The summed E-state index contributed by atoms with van der Waals surface area (Å²) in [5, 5.41) is 3.14. The molecule has 0 aliphatic heterocycles. The summed E-state index contributed by atoms with van der Waals surface area (Å²) in [7, 11) is 0. The van der Waals surface area contributed by atoms with Crippen molar-refractivity contribution in [2.75, 3.05) is 0 Å². The van der Waals surface area contributed by atoms with Crippen molar-refractivity contribution >= 4 is 5.91 Å². The highest BCUT2D eigenvalue weighted by molar-refractivity contribution is 5.76. The highest BCUT2D eigenvalue weighted by Crippen LogP contribution is 2.27. The quantitative estimate of drug-likeness (QED) is 0.865. The lowest BCUT2D eigenvalue weighted by Crippen LogP contribution is -2.45. The number of hydrogen-bond donors (Lipinski definition) is 1. The van der Waals surface area contributed by atoms with E-state index < -0.39 is 0 Å². The smallest absolute Gasteiger partial charge is 0.220 e. The summed E-state index contributed by atoms with van der Waals surface area (Å²) in [4.78, 5) is 16.7.